The molecule has 1 aromatic rings. The molecule has 1 aromatic carbocycles. The molecule has 26 heavy (non-hydrogen) atoms. The van der Waals surface area contributed by atoms with Crippen molar-refractivity contribution in [3.8, 4) is 0 Å². The van der Waals surface area contributed by atoms with Gasteiger partial charge in [-0.3, -0.25) is 15.0 Å². The van der Waals surface area contributed by atoms with Crippen LogP contribution < -0.4 is 10.6 Å². The molecule has 1 aliphatic rings. The lowest BCUT2D eigenvalue weighted by Crippen LogP contribution is -2.29. The third kappa shape index (κ3) is 6.44. The lowest BCUT2D eigenvalue weighted by molar-refractivity contribution is 0.158. The second kappa shape index (κ2) is 11.2. The van der Waals surface area contributed by atoms with E-state index in [2.05, 4.69) is 49.9 Å². The van der Waals surface area contributed by atoms with Crippen LogP contribution in [-0.4, -0.2) is 57.7 Å². The van der Waals surface area contributed by atoms with E-state index in [1.807, 2.05) is 26.1 Å². The molecule has 1 aliphatic heterocycles. The average Bonchev–Trinajstić information content (AvgIpc) is 2.70. The Labute approximate surface area is 156 Å². The van der Waals surface area contributed by atoms with Crippen molar-refractivity contribution < 1.29 is 4.74 Å². The van der Waals surface area contributed by atoms with Crippen molar-refractivity contribution >= 4 is 29.1 Å². The van der Waals surface area contributed by atoms with Gasteiger partial charge in [-0.05, 0) is 44.0 Å². The molecule has 0 saturated heterocycles. The standard InChI is InChI=1S/C20H29N5O/c1-4-26-15-14-24-18-8-6-17(7-9-18)19-10-13-22-11-5-12-23-16(2)20(21-3)25-19/h6-10,13,24H,4-5,11-12,14-15H2,1-3H3,(H,21,25). The van der Waals surface area contributed by atoms with Crippen molar-refractivity contribution in [3.63, 3.8) is 0 Å². The molecule has 0 saturated carbocycles. The Morgan fingerprint density at radius 3 is 2.77 bits per heavy atom. The third-order valence-electron chi connectivity index (χ3n) is 3.94. The van der Waals surface area contributed by atoms with Crippen LogP contribution in [0.5, 0.6) is 0 Å². The first-order valence-corrected chi connectivity index (χ1v) is 9.12. The number of ether oxygens (including phenoxy) is 1. The molecule has 0 unspecified atom stereocenters. The predicted molar refractivity (Wildman–Crippen MR) is 112 cm³/mol. The highest BCUT2D eigenvalue weighted by atomic mass is 16.5. The summed E-state index contributed by atoms with van der Waals surface area (Å²) in [4.78, 5) is 13.3. The van der Waals surface area contributed by atoms with E-state index in [9.17, 15) is 0 Å². The predicted octanol–water partition coefficient (Wildman–Crippen LogP) is 3.03. The fraction of sp³-hybridized carbons (Fsp3) is 0.450. The minimum absolute atomic E-state index is 0.705. The van der Waals surface area contributed by atoms with Crippen LogP contribution in [0.3, 0.4) is 0 Å². The maximum atomic E-state index is 5.35. The maximum absolute atomic E-state index is 5.35. The Morgan fingerprint density at radius 1 is 1.23 bits per heavy atom. The second-order valence-corrected chi connectivity index (χ2v) is 5.85. The Kier molecular flexibility index (Phi) is 8.55. The van der Waals surface area contributed by atoms with Gasteiger partial charge >= 0.3 is 0 Å². The second-order valence-electron chi connectivity index (χ2n) is 5.85. The lowest BCUT2D eigenvalue weighted by Gasteiger charge is -2.14. The normalized spacial score (nSPS) is 17.1. The fourth-order valence-corrected chi connectivity index (χ4v) is 2.51. The number of nitrogens with zero attached hydrogens (tertiary/aromatic N) is 3. The first-order chi connectivity index (χ1) is 12.7. The van der Waals surface area contributed by atoms with Crippen molar-refractivity contribution in [1.82, 2.24) is 5.32 Å². The zero-order valence-corrected chi connectivity index (χ0v) is 16.0. The molecule has 0 atom stereocenters. The number of amidine groups is 1. The molecule has 1 heterocycles. The zero-order chi connectivity index (χ0) is 18.6. The topological polar surface area (TPSA) is 70.4 Å². The van der Waals surface area contributed by atoms with Gasteiger partial charge in [0.2, 0.25) is 0 Å². The highest BCUT2D eigenvalue weighted by Crippen LogP contribution is 2.16. The molecule has 2 rings (SSSR count). The largest absolute Gasteiger partial charge is 0.383 e. The van der Waals surface area contributed by atoms with Crippen molar-refractivity contribution in [2.45, 2.75) is 20.3 Å². The van der Waals surface area contributed by atoms with Gasteiger partial charge in [0.05, 0.1) is 12.3 Å². The van der Waals surface area contributed by atoms with Crippen LogP contribution in [0.1, 0.15) is 25.8 Å². The van der Waals surface area contributed by atoms with Gasteiger partial charge in [0.1, 0.15) is 5.84 Å². The molecule has 6 heteroatoms. The van der Waals surface area contributed by atoms with Gasteiger partial charge in [-0.15, -0.1) is 0 Å². The average molecular weight is 355 g/mol. The molecular formula is C20H29N5O. The quantitative estimate of drug-likeness (QED) is 0.771. The lowest BCUT2D eigenvalue weighted by atomic mass is 10.1. The highest BCUT2D eigenvalue weighted by molar-refractivity contribution is 6.41. The SMILES string of the molecule is CCOCCNc1ccc(C2=CC=NCCCN=C(C)C(=NC)N2)cc1. The molecule has 140 valence electrons. The number of rotatable bonds is 6. The van der Waals surface area contributed by atoms with Crippen LogP contribution in [0, 0.1) is 0 Å². The summed E-state index contributed by atoms with van der Waals surface area (Å²) in [7, 11) is 1.78. The summed E-state index contributed by atoms with van der Waals surface area (Å²) < 4.78 is 5.35. The highest BCUT2D eigenvalue weighted by Gasteiger charge is 2.08. The molecule has 0 amide bonds. The van der Waals surface area contributed by atoms with Gasteiger partial charge in [-0.1, -0.05) is 12.1 Å². The number of benzene rings is 1. The van der Waals surface area contributed by atoms with Crippen molar-refractivity contribution in [1.29, 1.82) is 0 Å². The number of allylic oxidation sites excluding steroid dienone is 1. The van der Waals surface area contributed by atoms with E-state index in [1.165, 1.54) is 0 Å². The molecular weight excluding hydrogens is 326 g/mol. The van der Waals surface area contributed by atoms with E-state index < -0.39 is 0 Å². The minimum Gasteiger partial charge on any atom is -0.383 e. The summed E-state index contributed by atoms with van der Waals surface area (Å²) in [5.74, 6) is 0.783. The number of hydrogen-bond acceptors (Lipinski definition) is 5. The molecule has 0 bridgehead atoms. The maximum Gasteiger partial charge on any atom is 0.146 e. The van der Waals surface area contributed by atoms with Crippen molar-refractivity contribution in [3.05, 3.63) is 35.9 Å². The first-order valence-electron chi connectivity index (χ1n) is 9.12. The molecule has 2 N–H and O–H groups in total. The molecule has 0 aliphatic carbocycles. The summed E-state index contributed by atoms with van der Waals surface area (Å²) in [6, 6.07) is 8.29. The van der Waals surface area contributed by atoms with Crippen LogP contribution in [-0.2, 0) is 4.74 Å². The first kappa shape index (κ1) is 19.8. The van der Waals surface area contributed by atoms with E-state index in [4.69, 9.17) is 4.74 Å². The van der Waals surface area contributed by atoms with Gasteiger partial charge in [0.25, 0.3) is 0 Å². The molecule has 0 spiro atoms. The Hall–Kier alpha value is -2.47. The number of anilines is 1. The van der Waals surface area contributed by atoms with Crippen molar-refractivity contribution in [2.75, 3.05) is 45.2 Å². The van der Waals surface area contributed by atoms with Crippen molar-refractivity contribution in [2.24, 2.45) is 15.0 Å². The minimum atomic E-state index is 0.705. The number of hydrogen-bond donors (Lipinski definition) is 2. The van der Waals surface area contributed by atoms with Crippen LogP contribution >= 0.6 is 0 Å². The summed E-state index contributed by atoms with van der Waals surface area (Å²) in [6.45, 7) is 7.77. The van der Waals surface area contributed by atoms with E-state index in [0.29, 0.717) is 6.61 Å². The summed E-state index contributed by atoms with van der Waals surface area (Å²) in [6.07, 6.45) is 4.78. The summed E-state index contributed by atoms with van der Waals surface area (Å²) in [5, 5.41) is 6.75. The number of nitrogens with one attached hydrogen (secondary N) is 2. The smallest absolute Gasteiger partial charge is 0.146 e. The fourth-order valence-electron chi connectivity index (χ4n) is 2.51. The van der Waals surface area contributed by atoms with Gasteiger partial charge in [0.15, 0.2) is 0 Å². The monoisotopic (exact) mass is 355 g/mol. The van der Waals surface area contributed by atoms with Crippen LogP contribution in [0.2, 0.25) is 0 Å². The van der Waals surface area contributed by atoms with Gasteiger partial charge in [0, 0.05) is 50.9 Å². The third-order valence-corrected chi connectivity index (χ3v) is 3.94. The van der Waals surface area contributed by atoms with Crippen LogP contribution in [0.4, 0.5) is 5.69 Å². The Balaban J connectivity index is 2.14. The van der Waals surface area contributed by atoms with Gasteiger partial charge < -0.3 is 15.4 Å². The molecule has 6 nitrogen and oxygen atoms in total. The molecule has 0 radical (unpaired) electrons. The summed E-state index contributed by atoms with van der Waals surface area (Å²) in [5.41, 5.74) is 4.00. The molecule has 0 fully saturated rings. The Bertz CT molecular complexity index is 674. The molecule has 0 aromatic heterocycles. The van der Waals surface area contributed by atoms with Crippen LogP contribution in [0.25, 0.3) is 5.70 Å². The Morgan fingerprint density at radius 2 is 2.04 bits per heavy atom. The van der Waals surface area contributed by atoms with Gasteiger partial charge in [-0.2, -0.15) is 0 Å². The van der Waals surface area contributed by atoms with Gasteiger partial charge in [-0.25, -0.2) is 0 Å². The van der Waals surface area contributed by atoms with E-state index in [-0.39, 0.29) is 0 Å². The zero-order valence-electron chi connectivity index (χ0n) is 16.0. The van der Waals surface area contributed by atoms with E-state index >= 15 is 0 Å². The van der Waals surface area contributed by atoms with E-state index in [1.54, 1.807) is 7.05 Å². The van der Waals surface area contributed by atoms with Crippen LogP contribution in [0.15, 0.2) is 45.3 Å². The number of aliphatic imine (C=N–C) groups is 3. The van der Waals surface area contributed by atoms with E-state index in [0.717, 1.165) is 61.2 Å². The summed E-state index contributed by atoms with van der Waals surface area (Å²) >= 11 is 0.